The third-order valence-corrected chi connectivity index (χ3v) is 4.74. The van der Waals surface area contributed by atoms with Gasteiger partial charge in [-0.05, 0) is 37.1 Å². The minimum atomic E-state index is -0.568. The highest BCUT2D eigenvalue weighted by Crippen LogP contribution is 2.28. The van der Waals surface area contributed by atoms with Crippen LogP contribution in [0.1, 0.15) is 30.9 Å². The van der Waals surface area contributed by atoms with Crippen LogP contribution >= 0.6 is 0 Å². The molecular formula is C25H25N5O5. The van der Waals surface area contributed by atoms with Crippen molar-refractivity contribution in [2.75, 3.05) is 25.7 Å². The zero-order valence-corrected chi connectivity index (χ0v) is 19.4. The maximum absolute atomic E-state index is 12.3. The number of esters is 1. The van der Waals surface area contributed by atoms with Crippen molar-refractivity contribution in [3.8, 4) is 28.8 Å². The summed E-state index contributed by atoms with van der Waals surface area (Å²) >= 11 is 0. The fourth-order valence-corrected chi connectivity index (χ4v) is 3.12. The van der Waals surface area contributed by atoms with Gasteiger partial charge in [0.1, 0.15) is 11.6 Å². The maximum atomic E-state index is 12.3. The third-order valence-electron chi connectivity index (χ3n) is 4.74. The predicted octanol–water partition coefficient (Wildman–Crippen LogP) is 3.49. The monoisotopic (exact) mass is 475 g/mol. The van der Waals surface area contributed by atoms with Crippen LogP contribution in [0.25, 0.3) is 11.3 Å². The van der Waals surface area contributed by atoms with Crippen LogP contribution < -0.4 is 20.5 Å². The number of aromatic nitrogens is 2. The number of nitrogens with one attached hydrogen (secondary N) is 2. The molecule has 10 nitrogen and oxygen atoms in total. The molecule has 3 aromatic rings. The molecule has 0 radical (unpaired) electrons. The van der Waals surface area contributed by atoms with Crippen LogP contribution in [0.4, 0.5) is 5.95 Å². The van der Waals surface area contributed by atoms with Gasteiger partial charge in [-0.3, -0.25) is 14.6 Å². The van der Waals surface area contributed by atoms with Crippen LogP contribution in [0, 0.1) is 11.3 Å². The van der Waals surface area contributed by atoms with Gasteiger partial charge < -0.3 is 14.2 Å². The van der Waals surface area contributed by atoms with E-state index in [1.165, 1.54) is 13.3 Å². The van der Waals surface area contributed by atoms with Crippen LogP contribution in [-0.2, 0) is 9.53 Å². The van der Waals surface area contributed by atoms with E-state index in [2.05, 4.69) is 20.5 Å². The number of ether oxygens (including phenoxy) is 3. The second kappa shape index (κ2) is 12.6. The van der Waals surface area contributed by atoms with E-state index in [4.69, 9.17) is 14.2 Å². The minimum Gasteiger partial charge on any atom is -0.493 e. The molecule has 0 amide bonds. The first kappa shape index (κ1) is 25.0. The van der Waals surface area contributed by atoms with E-state index in [0.717, 1.165) is 0 Å². The predicted molar refractivity (Wildman–Crippen MR) is 131 cm³/mol. The molecule has 2 aromatic carbocycles. The van der Waals surface area contributed by atoms with Gasteiger partial charge in [0, 0.05) is 12.0 Å². The first-order chi connectivity index (χ1) is 17.0. The highest BCUT2D eigenvalue weighted by Gasteiger charge is 2.13. The lowest BCUT2D eigenvalue weighted by Gasteiger charge is -2.11. The Kier molecular flexibility index (Phi) is 8.96. The number of nitrogens with zero attached hydrogens (tertiary/aromatic N) is 3. The van der Waals surface area contributed by atoms with Crippen LogP contribution in [0.2, 0.25) is 0 Å². The lowest BCUT2D eigenvalue weighted by molar-refractivity contribution is -0.143. The summed E-state index contributed by atoms with van der Waals surface area (Å²) in [5.74, 6) is 0.862. The molecule has 0 aliphatic heterocycles. The number of rotatable bonds is 11. The Hall–Kier alpha value is -4.65. The second-order valence-electron chi connectivity index (χ2n) is 7.15. The van der Waals surface area contributed by atoms with Crippen molar-refractivity contribution in [1.29, 1.82) is 5.26 Å². The number of carbonyl (C=O) groups excluding carboxylic acids is 1. The number of H-pyrrole nitrogens is 1. The summed E-state index contributed by atoms with van der Waals surface area (Å²) in [7, 11) is 1.54. The molecule has 0 fully saturated rings. The maximum Gasteiger partial charge on any atom is 0.305 e. The quantitative estimate of drug-likeness (QED) is 0.186. The van der Waals surface area contributed by atoms with Gasteiger partial charge >= 0.3 is 5.97 Å². The molecule has 3 rings (SSSR count). The van der Waals surface area contributed by atoms with Gasteiger partial charge in [-0.1, -0.05) is 30.3 Å². The summed E-state index contributed by atoms with van der Waals surface area (Å²) in [4.78, 5) is 30.7. The van der Waals surface area contributed by atoms with E-state index in [0.29, 0.717) is 42.3 Å². The number of nitriles is 1. The van der Waals surface area contributed by atoms with E-state index < -0.39 is 5.56 Å². The van der Waals surface area contributed by atoms with Crippen molar-refractivity contribution in [3.63, 3.8) is 0 Å². The lowest BCUT2D eigenvalue weighted by atomic mass is 10.1. The molecular weight excluding hydrogens is 450 g/mol. The largest absolute Gasteiger partial charge is 0.493 e. The molecule has 0 spiro atoms. The number of methoxy groups -OCH3 is 1. The zero-order chi connectivity index (χ0) is 25.0. The van der Waals surface area contributed by atoms with Gasteiger partial charge in [0.2, 0.25) is 5.95 Å². The number of hydrogen-bond donors (Lipinski definition) is 2. The van der Waals surface area contributed by atoms with Gasteiger partial charge in [-0.15, -0.1) is 0 Å². The Morgan fingerprint density at radius 1 is 1.23 bits per heavy atom. The number of aromatic amines is 1. The minimum absolute atomic E-state index is 0.0781. The third kappa shape index (κ3) is 6.91. The summed E-state index contributed by atoms with van der Waals surface area (Å²) in [5.41, 5.74) is 3.64. The summed E-state index contributed by atoms with van der Waals surface area (Å²) in [5, 5.41) is 13.5. The number of hydrogen-bond acceptors (Lipinski definition) is 9. The Labute approximate surface area is 202 Å². The average molecular weight is 476 g/mol. The Bertz CT molecular complexity index is 1280. The average Bonchev–Trinajstić information content (AvgIpc) is 2.87. The molecule has 0 aliphatic carbocycles. The van der Waals surface area contributed by atoms with Gasteiger partial charge in [-0.2, -0.15) is 10.4 Å². The van der Waals surface area contributed by atoms with Gasteiger partial charge in [-0.25, -0.2) is 10.4 Å². The number of anilines is 1. The van der Waals surface area contributed by atoms with E-state index in [-0.39, 0.29) is 29.6 Å². The molecule has 180 valence electrons. The van der Waals surface area contributed by atoms with Crippen LogP contribution in [0.15, 0.2) is 58.4 Å². The molecule has 0 saturated heterocycles. The van der Waals surface area contributed by atoms with Crippen LogP contribution in [0.3, 0.4) is 0 Å². The molecule has 0 saturated carbocycles. The summed E-state index contributed by atoms with van der Waals surface area (Å²) in [6.07, 6.45) is 2.29. The highest BCUT2D eigenvalue weighted by atomic mass is 16.5. The molecule has 0 aliphatic rings. The summed E-state index contributed by atoms with van der Waals surface area (Å²) in [6, 6.07) is 16.1. The van der Waals surface area contributed by atoms with Gasteiger partial charge in [0.25, 0.3) is 5.56 Å². The smallest absolute Gasteiger partial charge is 0.305 e. The number of hydrazone groups is 1. The standard InChI is InChI=1S/C25H25N5O5/c1-3-34-22(31)10-7-13-35-21-14-17(11-12-20(21)33-2)16-27-30-25-28-23(18-8-5-4-6-9-18)19(15-26)24(32)29-25/h4-6,8-9,11-12,14,16H,3,7,10,13H2,1-2H3,(H2,28,29,30,32). The topological polar surface area (TPSA) is 139 Å². The first-order valence-electron chi connectivity index (χ1n) is 10.9. The Morgan fingerprint density at radius 3 is 2.74 bits per heavy atom. The fourth-order valence-electron chi connectivity index (χ4n) is 3.12. The van der Waals surface area contributed by atoms with E-state index in [9.17, 15) is 14.9 Å². The molecule has 0 atom stereocenters. The van der Waals surface area contributed by atoms with Crippen LogP contribution in [-0.4, -0.2) is 42.5 Å². The van der Waals surface area contributed by atoms with Crippen LogP contribution in [0.5, 0.6) is 11.5 Å². The summed E-state index contributed by atoms with van der Waals surface area (Å²) in [6.45, 7) is 2.42. The SMILES string of the molecule is CCOC(=O)CCCOc1cc(C=NNc2nc(-c3ccccc3)c(C#N)c(=O)[nH]2)ccc1OC. The van der Waals surface area contributed by atoms with Gasteiger partial charge in [0.05, 0.1) is 32.2 Å². The van der Waals surface area contributed by atoms with Crippen molar-refractivity contribution in [3.05, 3.63) is 70.0 Å². The molecule has 0 unspecified atom stereocenters. The van der Waals surface area contributed by atoms with Crippen molar-refractivity contribution in [2.24, 2.45) is 5.10 Å². The molecule has 1 aromatic heterocycles. The molecule has 35 heavy (non-hydrogen) atoms. The lowest BCUT2D eigenvalue weighted by Crippen LogP contribution is -2.16. The Balaban J connectivity index is 1.71. The normalized spacial score (nSPS) is 10.5. The van der Waals surface area contributed by atoms with Gasteiger partial charge in [0.15, 0.2) is 11.5 Å². The molecule has 0 bridgehead atoms. The number of carbonyl (C=O) groups is 1. The summed E-state index contributed by atoms with van der Waals surface area (Å²) < 4.78 is 16.0. The highest BCUT2D eigenvalue weighted by molar-refractivity contribution is 5.81. The van der Waals surface area contributed by atoms with Crippen molar-refractivity contribution in [1.82, 2.24) is 9.97 Å². The molecule has 1 heterocycles. The second-order valence-corrected chi connectivity index (χ2v) is 7.15. The Morgan fingerprint density at radius 2 is 2.03 bits per heavy atom. The van der Waals surface area contributed by atoms with Crippen molar-refractivity contribution in [2.45, 2.75) is 19.8 Å². The first-order valence-corrected chi connectivity index (χ1v) is 10.9. The van der Waals surface area contributed by atoms with Crippen molar-refractivity contribution >= 4 is 18.1 Å². The van der Waals surface area contributed by atoms with E-state index in [1.54, 1.807) is 49.4 Å². The van der Waals surface area contributed by atoms with E-state index >= 15 is 0 Å². The number of benzene rings is 2. The van der Waals surface area contributed by atoms with Crippen molar-refractivity contribution < 1.29 is 19.0 Å². The fraction of sp³-hybridized carbons (Fsp3) is 0.240. The van der Waals surface area contributed by atoms with E-state index in [1.807, 2.05) is 12.1 Å². The zero-order valence-electron chi connectivity index (χ0n) is 19.4. The molecule has 10 heteroatoms. The molecule has 2 N–H and O–H groups in total.